The summed E-state index contributed by atoms with van der Waals surface area (Å²) in [6.07, 6.45) is 1.80. The van der Waals surface area contributed by atoms with E-state index < -0.39 is 17.7 Å². The van der Waals surface area contributed by atoms with Crippen molar-refractivity contribution in [3.05, 3.63) is 76.6 Å². The molecule has 5 nitrogen and oxygen atoms in total. The largest absolute Gasteiger partial charge is 0.478 e. The van der Waals surface area contributed by atoms with Crippen molar-refractivity contribution in [2.24, 2.45) is 0 Å². The van der Waals surface area contributed by atoms with Gasteiger partial charge in [-0.15, -0.1) is 0 Å². The number of hydrogen-bond donors (Lipinski definition) is 1. The summed E-state index contributed by atoms with van der Waals surface area (Å²) in [5.41, 5.74) is 1.28. The molecule has 0 aliphatic carbocycles. The summed E-state index contributed by atoms with van der Waals surface area (Å²) < 4.78 is 17.9. The number of carbonyl (C=O) groups excluding carboxylic acids is 2. The standard InChI is InChI=1S/C21H19FO5/c1-2-27-21(26)18(13-15-3-8-16(9-4-15)20(24)25)19(23)12-7-14-5-10-17(22)11-6-14/h3-6,8-11,13H,2,7,12H2,1H3,(H,24,25). The van der Waals surface area contributed by atoms with E-state index in [4.69, 9.17) is 9.84 Å². The molecule has 0 atom stereocenters. The molecule has 0 heterocycles. The fourth-order valence-electron chi connectivity index (χ4n) is 2.39. The highest BCUT2D eigenvalue weighted by molar-refractivity contribution is 6.20. The molecule has 2 aromatic rings. The summed E-state index contributed by atoms with van der Waals surface area (Å²) in [5, 5.41) is 8.93. The van der Waals surface area contributed by atoms with Crippen LogP contribution in [0.2, 0.25) is 0 Å². The Kier molecular flexibility index (Phi) is 7.00. The van der Waals surface area contributed by atoms with Gasteiger partial charge in [0.2, 0.25) is 0 Å². The molecule has 1 N–H and O–H groups in total. The number of benzene rings is 2. The van der Waals surface area contributed by atoms with Crippen LogP contribution in [0.5, 0.6) is 0 Å². The van der Waals surface area contributed by atoms with Crippen molar-refractivity contribution in [1.29, 1.82) is 0 Å². The molecule has 0 radical (unpaired) electrons. The molecule has 0 saturated carbocycles. The summed E-state index contributed by atoms with van der Waals surface area (Å²) in [7, 11) is 0. The predicted octanol–water partition coefficient (Wildman–Crippen LogP) is 3.67. The fourth-order valence-corrected chi connectivity index (χ4v) is 2.39. The molecule has 0 spiro atoms. The maximum Gasteiger partial charge on any atom is 0.341 e. The van der Waals surface area contributed by atoms with Crippen LogP contribution >= 0.6 is 0 Å². The molecule has 0 aliphatic heterocycles. The Morgan fingerprint density at radius 3 is 2.22 bits per heavy atom. The van der Waals surface area contributed by atoms with Gasteiger partial charge in [0.25, 0.3) is 0 Å². The summed E-state index contributed by atoms with van der Waals surface area (Å²) in [4.78, 5) is 35.6. The van der Waals surface area contributed by atoms with E-state index in [1.807, 2.05) is 0 Å². The molecule has 2 rings (SSSR count). The minimum absolute atomic E-state index is 0.0590. The first-order valence-corrected chi connectivity index (χ1v) is 8.40. The number of carboxylic acid groups (broad SMARTS) is 1. The van der Waals surface area contributed by atoms with Gasteiger partial charge in [0, 0.05) is 6.42 Å². The van der Waals surface area contributed by atoms with Crippen LogP contribution in [0.15, 0.2) is 54.1 Å². The summed E-state index contributed by atoms with van der Waals surface area (Å²) in [5.74, 6) is -2.56. The first-order valence-electron chi connectivity index (χ1n) is 8.40. The lowest BCUT2D eigenvalue weighted by Gasteiger charge is -2.07. The molecule has 0 unspecified atom stereocenters. The van der Waals surface area contributed by atoms with E-state index in [1.54, 1.807) is 19.1 Å². The molecule has 2 aromatic carbocycles. The van der Waals surface area contributed by atoms with Crippen LogP contribution in [0.1, 0.15) is 34.8 Å². The van der Waals surface area contributed by atoms with Gasteiger partial charge in [-0.2, -0.15) is 0 Å². The summed E-state index contributed by atoms with van der Waals surface area (Å²) in [6.45, 7) is 1.76. The second kappa shape index (κ2) is 9.43. The van der Waals surface area contributed by atoms with Crippen LogP contribution < -0.4 is 0 Å². The lowest BCUT2D eigenvalue weighted by molar-refractivity contribution is -0.139. The quantitative estimate of drug-likeness (QED) is 0.332. The number of carbonyl (C=O) groups is 3. The minimum Gasteiger partial charge on any atom is -0.478 e. The Hall–Kier alpha value is -3.28. The van der Waals surface area contributed by atoms with Gasteiger partial charge in [0.15, 0.2) is 5.78 Å². The molecule has 0 aromatic heterocycles. The number of aromatic carboxylic acids is 1. The SMILES string of the molecule is CCOC(=O)C(=Cc1ccc(C(=O)O)cc1)C(=O)CCc1ccc(F)cc1. The van der Waals surface area contributed by atoms with Gasteiger partial charge in [-0.05, 0) is 54.8 Å². The molecule has 0 saturated heterocycles. The van der Waals surface area contributed by atoms with Crippen LogP contribution in [0.3, 0.4) is 0 Å². The molecule has 0 amide bonds. The zero-order valence-corrected chi connectivity index (χ0v) is 14.8. The van der Waals surface area contributed by atoms with Gasteiger partial charge in [-0.3, -0.25) is 4.79 Å². The van der Waals surface area contributed by atoms with Crippen molar-refractivity contribution in [2.75, 3.05) is 6.61 Å². The number of carboxylic acids is 1. The topological polar surface area (TPSA) is 80.7 Å². The van der Waals surface area contributed by atoms with Crippen molar-refractivity contribution in [3.8, 4) is 0 Å². The average Bonchev–Trinajstić information content (AvgIpc) is 2.66. The highest BCUT2D eigenvalue weighted by Gasteiger charge is 2.19. The van der Waals surface area contributed by atoms with Gasteiger partial charge < -0.3 is 9.84 Å². The Balaban J connectivity index is 2.19. The van der Waals surface area contributed by atoms with Crippen molar-refractivity contribution in [3.63, 3.8) is 0 Å². The van der Waals surface area contributed by atoms with Crippen LogP contribution in [0.4, 0.5) is 4.39 Å². The average molecular weight is 370 g/mol. The Labute approximate surface area is 156 Å². The normalized spacial score (nSPS) is 11.1. The smallest absolute Gasteiger partial charge is 0.341 e. The third-order valence-electron chi connectivity index (χ3n) is 3.82. The minimum atomic E-state index is -1.06. The number of hydrogen-bond acceptors (Lipinski definition) is 4. The Morgan fingerprint density at radius 2 is 1.67 bits per heavy atom. The summed E-state index contributed by atoms with van der Waals surface area (Å²) in [6, 6.07) is 11.6. The first-order chi connectivity index (χ1) is 12.9. The van der Waals surface area contributed by atoms with Crippen molar-refractivity contribution < 1.29 is 28.6 Å². The maximum atomic E-state index is 13.0. The van der Waals surface area contributed by atoms with E-state index in [2.05, 4.69) is 0 Å². The van der Waals surface area contributed by atoms with Gasteiger partial charge in [-0.1, -0.05) is 24.3 Å². The number of ketones is 1. The molecule has 140 valence electrons. The van der Waals surface area contributed by atoms with E-state index in [0.717, 1.165) is 5.56 Å². The van der Waals surface area contributed by atoms with E-state index in [-0.39, 0.29) is 30.0 Å². The lowest BCUT2D eigenvalue weighted by Crippen LogP contribution is -2.16. The van der Waals surface area contributed by atoms with Gasteiger partial charge >= 0.3 is 11.9 Å². The van der Waals surface area contributed by atoms with E-state index in [0.29, 0.717) is 12.0 Å². The van der Waals surface area contributed by atoms with Gasteiger partial charge in [0.05, 0.1) is 12.2 Å². The second-order valence-corrected chi connectivity index (χ2v) is 5.76. The number of halogens is 1. The van der Waals surface area contributed by atoms with Gasteiger partial charge in [0.1, 0.15) is 11.4 Å². The van der Waals surface area contributed by atoms with Crippen molar-refractivity contribution in [1.82, 2.24) is 0 Å². The lowest BCUT2D eigenvalue weighted by atomic mass is 10.0. The van der Waals surface area contributed by atoms with Gasteiger partial charge in [-0.25, -0.2) is 14.0 Å². The zero-order chi connectivity index (χ0) is 19.8. The van der Waals surface area contributed by atoms with E-state index in [1.165, 1.54) is 42.5 Å². The van der Waals surface area contributed by atoms with E-state index in [9.17, 15) is 18.8 Å². The summed E-state index contributed by atoms with van der Waals surface area (Å²) >= 11 is 0. The van der Waals surface area contributed by atoms with Crippen molar-refractivity contribution >= 4 is 23.8 Å². The third-order valence-corrected chi connectivity index (χ3v) is 3.82. The van der Waals surface area contributed by atoms with Crippen LogP contribution in [-0.4, -0.2) is 29.4 Å². The predicted molar refractivity (Wildman–Crippen MR) is 97.7 cm³/mol. The highest BCUT2D eigenvalue weighted by atomic mass is 19.1. The number of rotatable bonds is 8. The molecule has 27 heavy (non-hydrogen) atoms. The molecule has 0 bridgehead atoms. The molecule has 0 aliphatic rings. The number of aryl methyl sites for hydroxylation is 1. The maximum absolute atomic E-state index is 13.0. The molecular formula is C21H19FO5. The number of esters is 1. The van der Waals surface area contributed by atoms with E-state index >= 15 is 0 Å². The molecular weight excluding hydrogens is 351 g/mol. The number of Topliss-reactive ketones (excluding diaryl/α,β-unsaturated/α-hetero) is 1. The number of ether oxygens (including phenoxy) is 1. The first kappa shape index (κ1) is 20.0. The second-order valence-electron chi connectivity index (χ2n) is 5.76. The highest BCUT2D eigenvalue weighted by Crippen LogP contribution is 2.15. The van der Waals surface area contributed by atoms with Crippen LogP contribution in [0.25, 0.3) is 6.08 Å². The van der Waals surface area contributed by atoms with Crippen molar-refractivity contribution in [2.45, 2.75) is 19.8 Å². The fraction of sp³-hybridized carbons (Fsp3) is 0.190. The third kappa shape index (κ3) is 5.88. The molecule has 0 fully saturated rings. The molecule has 6 heteroatoms. The zero-order valence-electron chi connectivity index (χ0n) is 14.8. The van der Waals surface area contributed by atoms with Crippen LogP contribution in [-0.2, 0) is 20.7 Å². The Bertz CT molecular complexity index is 851. The van der Waals surface area contributed by atoms with Crippen LogP contribution in [0, 0.1) is 5.82 Å². The monoisotopic (exact) mass is 370 g/mol. The Morgan fingerprint density at radius 1 is 1.04 bits per heavy atom.